The normalized spacial score (nSPS) is 41.9. The summed E-state index contributed by atoms with van der Waals surface area (Å²) in [6.07, 6.45) is 4.73. The van der Waals surface area contributed by atoms with Crippen molar-refractivity contribution >= 4 is 23.5 Å². The standard InChI is InChI=1S/C14H15ClO4/c1-7(2)5-10(16)18-11-8-3-4-14(15)9(6-8)13(17)19-12(11)14/h3-5,8-9,11-12H,6H2,1-2H3/t8-,9+,11+,12+,14-/m1/s1. The van der Waals surface area contributed by atoms with Gasteiger partial charge < -0.3 is 9.47 Å². The average molecular weight is 283 g/mol. The first-order valence-electron chi connectivity index (χ1n) is 6.36. The van der Waals surface area contributed by atoms with Gasteiger partial charge >= 0.3 is 11.9 Å². The second-order valence-electron chi connectivity index (χ2n) is 5.62. The molecule has 0 spiro atoms. The molecule has 1 aliphatic heterocycles. The fourth-order valence-electron chi connectivity index (χ4n) is 3.13. The zero-order valence-corrected chi connectivity index (χ0v) is 11.5. The molecule has 1 saturated carbocycles. The molecule has 1 saturated heterocycles. The maximum absolute atomic E-state index is 11.8. The molecule has 0 aromatic heterocycles. The van der Waals surface area contributed by atoms with Gasteiger partial charge in [-0.05, 0) is 20.3 Å². The molecule has 0 aromatic rings. The molecule has 4 bridgehead atoms. The molecule has 2 fully saturated rings. The Morgan fingerprint density at radius 1 is 1.58 bits per heavy atom. The van der Waals surface area contributed by atoms with E-state index in [-0.39, 0.29) is 17.8 Å². The molecule has 4 rings (SSSR count). The number of rotatable bonds is 2. The summed E-state index contributed by atoms with van der Waals surface area (Å²) < 4.78 is 10.8. The predicted molar refractivity (Wildman–Crippen MR) is 68.5 cm³/mol. The highest BCUT2D eigenvalue weighted by molar-refractivity contribution is 6.28. The lowest BCUT2D eigenvalue weighted by atomic mass is 9.67. The number of halogens is 1. The molecular formula is C14H15ClO4. The van der Waals surface area contributed by atoms with E-state index in [4.69, 9.17) is 21.1 Å². The Balaban J connectivity index is 1.86. The first-order valence-corrected chi connectivity index (χ1v) is 6.74. The highest BCUT2D eigenvalue weighted by Crippen LogP contribution is 2.54. The van der Waals surface area contributed by atoms with Crippen molar-refractivity contribution in [3.05, 3.63) is 23.8 Å². The van der Waals surface area contributed by atoms with Crippen LogP contribution in [0.5, 0.6) is 0 Å². The van der Waals surface area contributed by atoms with Crippen molar-refractivity contribution in [3.63, 3.8) is 0 Å². The van der Waals surface area contributed by atoms with Crippen LogP contribution >= 0.6 is 11.6 Å². The number of hydrogen-bond donors (Lipinski definition) is 0. The third kappa shape index (κ3) is 1.81. The SMILES string of the molecule is CC(C)=CC(=O)O[C@H]1[C@@H]2C=C[C@@]3(Cl)[C@@H](C2)C(=O)O[C@@H]13. The first-order chi connectivity index (χ1) is 8.91. The number of carbonyl (C=O) groups excluding carboxylic acids is 2. The summed E-state index contributed by atoms with van der Waals surface area (Å²) in [5.41, 5.74) is 0.864. The van der Waals surface area contributed by atoms with Crippen LogP contribution in [-0.4, -0.2) is 29.0 Å². The van der Waals surface area contributed by atoms with E-state index in [2.05, 4.69) is 0 Å². The van der Waals surface area contributed by atoms with Crippen molar-refractivity contribution in [1.29, 1.82) is 0 Å². The number of esters is 2. The van der Waals surface area contributed by atoms with Gasteiger partial charge in [0.1, 0.15) is 11.0 Å². The van der Waals surface area contributed by atoms with Crippen molar-refractivity contribution < 1.29 is 19.1 Å². The van der Waals surface area contributed by atoms with E-state index in [1.807, 2.05) is 26.0 Å². The van der Waals surface area contributed by atoms with Crippen LogP contribution in [0.15, 0.2) is 23.8 Å². The molecule has 1 heterocycles. The summed E-state index contributed by atoms with van der Waals surface area (Å²) in [6.45, 7) is 3.64. The van der Waals surface area contributed by atoms with Crippen LogP contribution in [0.25, 0.3) is 0 Å². The molecule has 0 unspecified atom stereocenters. The number of hydrogen-bond acceptors (Lipinski definition) is 4. The van der Waals surface area contributed by atoms with Gasteiger partial charge in [0.05, 0.1) is 5.92 Å². The Hall–Kier alpha value is -1.29. The fourth-order valence-corrected chi connectivity index (χ4v) is 3.55. The highest BCUT2D eigenvalue weighted by Gasteiger charge is 2.66. The van der Waals surface area contributed by atoms with Gasteiger partial charge in [0.15, 0.2) is 6.10 Å². The first kappa shape index (κ1) is 12.7. The van der Waals surface area contributed by atoms with Gasteiger partial charge in [-0.2, -0.15) is 0 Å². The van der Waals surface area contributed by atoms with E-state index in [1.165, 1.54) is 6.08 Å². The molecule has 102 valence electrons. The molecule has 0 radical (unpaired) electrons. The summed E-state index contributed by atoms with van der Waals surface area (Å²) in [4.78, 5) is 22.7. The van der Waals surface area contributed by atoms with E-state index in [1.54, 1.807) is 0 Å². The molecule has 5 atom stereocenters. The summed E-state index contributed by atoms with van der Waals surface area (Å²) in [5.74, 6) is -0.995. The van der Waals surface area contributed by atoms with Gasteiger partial charge in [-0.3, -0.25) is 4.79 Å². The minimum Gasteiger partial charge on any atom is -0.456 e. The topological polar surface area (TPSA) is 52.6 Å². The third-order valence-corrected chi connectivity index (χ3v) is 4.59. The van der Waals surface area contributed by atoms with Crippen LogP contribution in [0.4, 0.5) is 0 Å². The number of alkyl halides is 1. The lowest BCUT2D eigenvalue weighted by molar-refractivity contribution is -0.160. The fraction of sp³-hybridized carbons (Fsp3) is 0.571. The van der Waals surface area contributed by atoms with Crippen LogP contribution in [0.2, 0.25) is 0 Å². The van der Waals surface area contributed by atoms with E-state index < -0.39 is 23.1 Å². The van der Waals surface area contributed by atoms with E-state index in [0.29, 0.717) is 6.42 Å². The molecule has 19 heavy (non-hydrogen) atoms. The molecule has 3 aliphatic carbocycles. The van der Waals surface area contributed by atoms with Gasteiger partial charge in [-0.1, -0.05) is 17.7 Å². The van der Waals surface area contributed by atoms with Crippen LogP contribution < -0.4 is 0 Å². The molecule has 0 N–H and O–H groups in total. The second kappa shape index (κ2) is 4.10. The average Bonchev–Trinajstić information content (AvgIpc) is 2.49. The lowest BCUT2D eigenvalue weighted by Gasteiger charge is -2.44. The van der Waals surface area contributed by atoms with Crippen LogP contribution in [0.1, 0.15) is 20.3 Å². The van der Waals surface area contributed by atoms with Crippen molar-refractivity contribution in [2.24, 2.45) is 11.8 Å². The molecule has 4 nitrogen and oxygen atoms in total. The van der Waals surface area contributed by atoms with Gasteiger partial charge in [-0.25, -0.2) is 4.79 Å². The van der Waals surface area contributed by atoms with Crippen LogP contribution in [-0.2, 0) is 19.1 Å². The Morgan fingerprint density at radius 2 is 2.32 bits per heavy atom. The Kier molecular flexibility index (Phi) is 2.75. The van der Waals surface area contributed by atoms with Crippen molar-refractivity contribution in [1.82, 2.24) is 0 Å². The molecule has 0 amide bonds. The summed E-state index contributed by atoms with van der Waals surface area (Å²) in [7, 11) is 0. The van der Waals surface area contributed by atoms with Gasteiger partial charge in [0.2, 0.25) is 0 Å². The molecule has 4 aliphatic rings. The number of ether oxygens (including phenoxy) is 2. The Morgan fingerprint density at radius 3 is 3.00 bits per heavy atom. The Labute approximate surface area is 116 Å². The third-order valence-electron chi connectivity index (χ3n) is 3.98. The van der Waals surface area contributed by atoms with E-state index in [0.717, 1.165) is 5.57 Å². The van der Waals surface area contributed by atoms with Crippen molar-refractivity contribution in [2.45, 2.75) is 37.4 Å². The van der Waals surface area contributed by atoms with E-state index >= 15 is 0 Å². The maximum atomic E-state index is 11.8. The smallest absolute Gasteiger partial charge is 0.331 e. The van der Waals surface area contributed by atoms with Crippen molar-refractivity contribution in [2.75, 3.05) is 0 Å². The Bertz CT molecular complexity index is 506. The maximum Gasteiger partial charge on any atom is 0.331 e. The monoisotopic (exact) mass is 282 g/mol. The number of carbonyl (C=O) groups is 2. The van der Waals surface area contributed by atoms with E-state index in [9.17, 15) is 9.59 Å². The highest BCUT2D eigenvalue weighted by atomic mass is 35.5. The van der Waals surface area contributed by atoms with Gasteiger partial charge in [-0.15, -0.1) is 11.6 Å². The minimum absolute atomic E-state index is 0.0107. The molecular weight excluding hydrogens is 268 g/mol. The minimum atomic E-state index is -0.845. The second-order valence-corrected chi connectivity index (χ2v) is 6.27. The van der Waals surface area contributed by atoms with Crippen LogP contribution in [0.3, 0.4) is 0 Å². The van der Waals surface area contributed by atoms with Gasteiger partial charge in [0, 0.05) is 12.0 Å². The predicted octanol–water partition coefficient (Wildman–Crippen LogP) is 1.97. The van der Waals surface area contributed by atoms with Gasteiger partial charge in [0.25, 0.3) is 0 Å². The van der Waals surface area contributed by atoms with Crippen LogP contribution in [0, 0.1) is 11.8 Å². The largest absolute Gasteiger partial charge is 0.456 e. The summed E-state index contributed by atoms with van der Waals surface area (Å²) >= 11 is 6.50. The summed E-state index contributed by atoms with van der Waals surface area (Å²) in [5, 5.41) is 0. The lowest BCUT2D eigenvalue weighted by Crippen LogP contribution is -2.56. The van der Waals surface area contributed by atoms with Crippen molar-refractivity contribution in [3.8, 4) is 0 Å². The molecule has 0 aromatic carbocycles. The molecule has 5 heteroatoms. The zero-order chi connectivity index (χ0) is 13.8. The quantitative estimate of drug-likeness (QED) is 0.336. The zero-order valence-electron chi connectivity index (χ0n) is 10.8. The number of allylic oxidation sites excluding steroid dienone is 1. The summed E-state index contributed by atoms with van der Waals surface area (Å²) in [6, 6.07) is 0.